The third-order valence-corrected chi connectivity index (χ3v) is 4.73. The van der Waals surface area contributed by atoms with E-state index in [1.807, 2.05) is 23.9 Å². The predicted molar refractivity (Wildman–Crippen MR) is 75.8 cm³/mol. The van der Waals surface area contributed by atoms with Gasteiger partial charge in [-0.2, -0.15) is 11.8 Å². The maximum atomic E-state index is 5.61. The molecule has 2 rings (SSSR count). The summed E-state index contributed by atoms with van der Waals surface area (Å²) in [6, 6.07) is 6.10. The number of thioether (sulfide) groups is 1. The van der Waals surface area contributed by atoms with Gasteiger partial charge in [-0.15, -0.1) is 0 Å². The summed E-state index contributed by atoms with van der Waals surface area (Å²) < 4.78 is 12.0. The van der Waals surface area contributed by atoms with Crippen LogP contribution in [0.3, 0.4) is 0 Å². The van der Waals surface area contributed by atoms with Gasteiger partial charge < -0.3 is 9.47 Å². The molecule has 17 heavy (non-hydrogen) atoms. The molecule has 1 fully saturated rings. The van der Waals surface area contributed by atoms with Crippen LogP contribution in [-0.2, 0) is 10.5 Å². The van der Waals surface area contributed by atoms with Crippen molar-refractivity contribution < 1.29 is 9.47 Å². The lowest BCUT2D eigenvalue weighted by atomic mass is 10.2. The highest BCUT2D eigenvalue weighted by Gasteiger charge is 2.15. The Kier molecular flexibility index (Phi) is 5.19. The van der Waals surface area contributed by atoms with Crippen LogP contribution in [0.2, 0.25) is 0 Å². The maximum Gasteiger partial charge on any atom is 0.119 e. The second kappa shape index (κ2) is 6.66. The van der Waals surface area contributed by atoms with Crippen LogP contribution in [0, 0.1) is 0 Å². The largest absolute Gasteiger partial charge is 0.497 e. The van der Waals surface area contributed by atoms with Gasteiger partial charge in [-0.1, -0.05) is 15.9 Å². The first kappa shape index (κ1) is 13.2. The van der Waals surface area contributed by atoms with E-state index in [4.69, 9.17) is 9.47 Å². The van der Waals surface area contributed by atoms with E-state index in [1.54, 1.807) is 7.11 Å². The normalized spacial score (nSPS) is 19.5. The quantitative estimate of drug-likeness (QED) is 0.821. The number of hydrogen-bond donors (Lipinski definition) is 0. The van der Waals surface area contributed by atoms with E-state index >= 15 is 0 Å². The van der Waals surface area contributed by atoms with Crippen molar-refractivity contribution in [2.75, 3.05) is 19.5 Å². The summed E-state index contributed by atoms with van der Waals surface area (Å²) >= 11 is 5.50. The Bertz CT molecular complexity index is 364. The van der Waals surface area contributed by atoms with Crippen molar-refractivity contribution in [3.8, 4) is 5.75 Å². The highest BCUT2D eigenvalue weighted by atomic mass is 79.9. The molecular weight excluding hydrogens is 300 g/mol. The predicted octanol–water partition coefficient (Wildman–Crippen LogP) is 3.87. The maximum absolute atomic E-state index is 5.61. The zero-order valence-electron chi connectivity index (χ0n) is 9.95. The highest BCUT2D eigenvalue weighted by molar-refractivity contribution is 9.10. The van der Waals surface area contributed by atoms with Crippen LogP contribution in [0.25, 0.3) is 0 Å². The molecule has 4 heteroatoms. The topological polar surface area (TPSA) is 18.5 Å². The third-order valence-electron chi connectivity index (χ3n) is 2.84. The van der Waals surface area contributed by atoms with Gasteiger partial charge in [-0.25, -0.2) is 0 Å². The molecule has 2 nitrogen and oxygen atoms in total. The molecule has 94 valence electrons. The third kappa shape index (κ3) is 3.90. The number of rotatable bonds is 5. The average Bonchev–Trinajstić information content (AvgIpc) is 2.84. The van der Waals surface area contributed by atoms with Gasteiger partial charge in [0.2, 0.25) is 0 Å². The summed E-state index contributed by atoms with van der Waals surface area (Å²) in [6.07, 6.45) is 2.89. The second-order valence-corrected chi connectivity index (χ2v) is 5.99. The van der Waals surface area contributed by atoms with Crippen LogP contribution in [0.15, 0.2) is 22.7 Å². The van der Waals surface area contributed by atoms with Crippen molar-refractivity contribution >= 4 is 27.7 Å². The molecule has 0 radical (unpaired) electrons. The van der Waals surface area contributed by atoms with Crippen molar-refractivity contribution in [1.29, 1.82) is 0 Å². The molecule has 1 aliphatic heterocycles. The molecule has 0 saturated carbocycles. The van der Waals surface area contributed by atoms with Crippen LogP contribution in [-0.4, -0.2) is 25.6 Å². The lowest BCUT2D eigenvalue weighted by molar-refractivity contribution is 0.129. The first-order valence-corrected chi connectivity index (χ1v) is 7.76. The van der Waals surface area contributed by atoms with Crippen LogP contribution >= 0.6 is 27.7 Å². The summed E-state index contributed by atoms with van der Waals surface area (Å²) in [6.45, 7) is 0.939. The molecule has 1 unspecified atom stereocenters. The van der Waals surface area contributed by atoms with Crippen LogP contribution < -0.4 is 4.74 Å². The van der Waals surface area contributed by atoms with Gasteiger partial charge in [-0.05, 0) is 36.6 Å². The molecular formula is C13H17BrO2S. The van der Waals surface area contributed by atoms with E-state index in [1.165, 1.54) is 18.4 Å². The van der Waals surface area contributed by atoms with Gasteiger partial charge in [-0.3, -0.25) is 0 Å². The van der Waals surface area contributed by atoms with Gasteiger partial charge in [0.1, 0.15) is 5.75 Å². The lowest BCUT2D eigenvalue weighted by Gasteiger charge is -2.10. The van der Waals surface area contributed by atoms with E-state index < -0.39 is 0 Å². The van der Waals surface area contributed by atoms with E-state index in [-0.39, 0.29) is 0 Å². The average molecular weight is 317 g/mol. The summed E-state index contributed by atoms with van der Waals surface area (Å²) in [5.41, 5.74) is 1.28. The van der Waals surface area contributed by atoms with Gasteiger partial charge in [0.25, 0.3) is 0 Å². The monoisotopic (exact) mass is 316 g/mol. The molecule has 1 aliphatic rings. The molecule has 1 heterocycles. The van der Waals surface area contributed by atoms with Crippen LogP contribution in [0.5, 0.6) is 5.75 Å². The Morgan fingerprint density at radius 3 is 3.12 bits per heavy atom. The Balaban J connectivity index is 1.84. The van der Waals surface area contributed by atoms with Gasteiger partial charge in [0.15, 0.2) is 0 Å². The molecule has 0 N–H and O–H groups in total. The first-order chi connectivity index (χ1) is 8.29. The Morgan fingerprint density at radius 1 is 1.53 bits per heavy atom. The van der Waals surface area contributed by atoms with Crippen molar-refractivity contribution in [3.63, 3.8) is 0 Å². The summed E-state index contributed by atoms with van der Waals surface area (Å²) in [7, 11) is 1.70. The SMILES string of the molecule is COc1ccc(Br)c(CSCC2CCCO2)c1. The van der Waals surface area contributed by atoms with Gasteiger partial charge >= 0.3 is 0 Å². The zero-order chi connectivity index (χ0) is 12.1. The molecule has 0 amide bonds. The second-order valence-electron chi connectivity index (χ2n) is 4.11. The minimum absolute atomic E-state index is 0.462. The molecule has 1 aromatic rings. The van der Waals surface area contributed by atoms with Crippen LogP contribution in [0.4, 0.5) is 0 Å². The van der Waals surface area contributed by atoms with Crippen LogP contribution in [0.1, 0.15) is 18.4 Å². The van der Waals surface area contributed by atoms with E-state index in [0.717, 1.165) is 28.3 Å². The molecule has 1 saturated heterocycles. The molecule has 0 aromatic heterocycles. The lowest BCUT2D eigenvalue weighted by Crippen LogP contribution is -2.08. The van der Waals surface area contributed by atoms with Crippen molar-refractivity contribution in [3.05, 3.63) is 28.2 Å². The zero-order valence-corrected chi connectivity index (χ0v) is 12.4. The van der Waals surface area contributed by atoms with Gasteiger partial charge in [0, 0.05) is 22.6 Å². The fourth-order valence-electron chi connectivity index (χ4n) is 1.86. The molecule has 1 atom stereocenters. The van der Waals surface area contributed by atoms with Crippen molar-refractivity contribution in [2.24, 2.45) is 0 Å². The fraction of sp³-hybridized carbons (Fsp3) is 0.538. The number of benzene rings is 1. The highest BCUT2D eigenvalue weighted by Crippen LogP contribution is 2.27. The minimum Gasteiger partial charge on any atom is -0.497 e. The first-order valence-electron chi connectivity index (χ1n) is 5.81. The minimum atomic E-state index is 0.462. The van der Waals surface area contributed by atoms with Crippen molar-refractivity contribution in [2.45, 2.75) is 24.7 Å². The number of hydrogen-bond acceptors (Lipinski definition) is 3. The molecule has 0 bridgehead atoms. The Hall–Kier alpha value is -0.190. The summed E-state index contributed by atoms with van der Waals surface area (Å²) in [5, 5.41) is 0. The van der Waals surface area contributed by atoms with E-state index in [2.05, 4.69) is 22.0 Å². The molecule has 0 spiro atoms. The molecule has 1 aromatic carbocycles. The smallest absolute Gasteiger partial charge is 0.119 e. The standard InChI is InChI=1S/C13H17BrO2S/c1-15-11-4-5-13(14)10(7-11)8-17-9-12-3-2-6-16-12/h4-5,7,12H,2-3,6,8-9H2,1H3. The van der Waals surface area contributed by atoms with E-state index in [9.17, 15) is 0 Å². The Labute approximate surface area is 115 Å². The molecule has 0 aliphatic carbocycles. The summed E-state index contributed by atoms with van der Waals surface area (Å²) in [5.74, 6) is 3.00. The fourth-order valence-corrected chi connectivity index (χ4v) is 3.54. The summed E-state index contributed by atoms with van der Waals surface area (Å²) in [4.78, 5) is 0. The number of methoxy groups -OCH3 is 1. The van der Waals surface area contributed by atoms with E-state index in [0.29, 0.717) is 6.10 Å². The Morgan fingerprint density at radius 2 is 2.41 bits per heavy atom. The van der Waals surface area contributed by atoms with Gasteiger partial charge in [0.05, 0.1) is 13.2 Å². The number of halogens is 1. The van der Waals surface area contributed by atoms with Crippen molar-refractivity contribution in [1.82, 2.24) is 0 Å². The number of ether oxygens (including phenoxy) is 2.